The van der Waals surface area contributed by atoms with Crippen LogP contribution in [-0.4, -0.2) is 82.8 Å². The number of hydrogen-bond donors (Lipinski definition) is 3. The van der Waals surface area contributed by atoms with Gasteiger partial charge in [-0.05, 0) is 19.2 Å². The molecule has 0 radical (unpaired) electrons. The zero-order chi connectivity index (χ0) is 24.8. The van der Waals surface area contributed by atoms with Crippen molar-refractivity contribution in [1.82, 2.24) is 30.4 Å². The van der Waals surface area contributed by atoms with Gasteiger partial charge in [-0.15, -0.1) is 11.3 Å². The zero-order valence-electron chi connectivity index (χ0n) is 19.1. The number of fused-ring (bicyclic) bond motifs is 1. The number of anilines is 1. The van der Waals surface area contributed by atoms with Gasteiger partial charge in [0.05, 0.1) is 17.9 Å². The molecule has 0 saturated heterocycles. The molecule has 2 aromatic rings. The lowest BCUT2D eigenvalue weighted by atomic mass is 10.2. The third kappa shape index (κ3) is 6.98. The van der Waals surface area contributed by atoms with E-state index in [1.54, 1.807) is 14.1 Å². The van der Waals surface area contributed by atoms with Crippen molar-refractivity contribution >= 4 is 52.1 Å². The molecule has 1 aliphatic heterocycles. The fourth-order valence-corrected chi connectivity index (χ4v) is 4.38. The minimum Gasteiger partial charge on any atom is -0.370 e. The van der Waals surface area contributed by atoms with E-state index < -0.39 is 17.8 Å². The van der Waals surface area contributed by atoms with Gasteiger partial charge in [-0.1, -0.05) is 12.2 Å². The Hall–Kier alpha value is -3.03. The van der Waals surface area contributed by atoms with Gasteiger partial charge < -0.3 is 25.8 Å². The molecule has 0 saturated carbocycles. The Morgan fingerprint density at radius 2 is 2.09 bits per heavy atom. The highest BCUT2D eigenvalue weighted by Gasteiger charge is 2.25. The minimum atomic E-state index is -0.644. The van der Waals surface area contributed by atoms with Crippen molar-refractivity contribution in [2.24, 2.45) is 0 Å². The number of hydrogen-bond acceptors (Lipinski definition) is 8. The van der Waals surface area contributed by atoms with Gasteiger partial charge in [0.15, 0.2) is 10.00 Å². The first kappa shape index (κ1) is 25.6. The summed E-state index contributed by atoms with van der Waals surface area (Å²) in [6, 6.07) is 1.83. The van der Waals surface area contributed by atoms with Crippen molar-refractivity contribution in [1.29, 1.82) is 0 Å². The van der Waals surface area contributed by atoms with Gasteiger partial charge in [0.2, 0.25) is 5.91 Å². The summed E-state index contributed by atoms with van der Waals surface area (Å²) in [6.45, 7) is 1.67. The number of nitrogens with zero attached hydrogens (tertiary/aromatic N) is 4. The molecule has 34 heavy (non-hydrogen) atoms. The predicted molar refractivity (Wildman–Crippen MR) is 130 cm³/mol. The van der Waals surface area contributed by atoms with E-state index in [0.29, 0.717) is 5.01 Å². The number of amides is 3. The molecular formula is C21H26FN7O3S2. The molecule has 0 aromatic carbocycles. The molecular weight excluding hydrogens is 481 g/mol. The molecule has 0 unspecified atom stereocenters. The molecule has 3 rings (SSSR count). The largest absolute Gasteiger partial charge is 0.370 e. The summed E-state index contributed by atoms with van der Waals surface area (Å²) in [5.74, 6) is -1.61. The highest BCUT2D eigenvalue weighted by molar-refractivity contribution is 7.82. The van der Waals surface area contributed by atoms with Gasteiger partial charge in [0.1, 0.15) is 11.6 Å². The summed E-state index contributed by atoms with van der Waals surface area (Å²) in [5, 5.41) is 8.40. The minimum absolute atomic E-state index is 0.00329. The van der Waals surface area contributed by atoms with Gasteiger partial charge in [0, 0.05) is 51.4 Å². The summed E-state index contributed by atoms with van der Waals surface area (Å²) < 4.78 is 13.0. The number of aromatic nitrogens is 2. The second-order valence-corrected chi connectivity index (χ2v) is 9.56. The SMILES string of the molecule is CN1CCc2nc(C(=O)N[C@@H](CNC(=S)C(=O)Nc3ccc(F)cn3)CC(=O)N(C)C)sc2C1. The van der Waals surface area contributed by atoms with Crippen LogP contribution < -0.4 is 16.0 Å². The third-order valence-corrected chi connectivity index (χ3v) is 6.47. The number of thiazole rings is 1. The Morgan fingerprint density at radius 1 is 1.32 bits per heavy atom. The molecule has 1 aliphatic rings. The van der Waals surface area contributed by atoms with E-state index in [9.17, 15) is 18.8 Å². The first-order valence-electron chi connectivity index (χ1n) is 10.5. The van der Waals surface area contributed by atoms with Crippen LogP contribution in [0.15, 0.2) is 18.3 Å². The maximum absolute atomic E-state index is 13.0. The van der Waals surface area contributed by atoms with Crippen LogP contribution >= 0.6 is 23.6 Å². The van der Waals surface area contributed by atoms with E-state index in [4.69, 9.17) is 12.2 Å². The van der Waals surface area contributed by atoms with Crippen LogP contribution in [0.3, 0.4) is 0 Å². The van der Waals surface area contributed by atoms with Gasteiger partial charge in [-0.2, -0.15) is 0 Å². The molecule has 10 nitrogen and oxygen atoms in total. The topological polar surface area (TPSA) is 120 Å². The highest BCUT2D eigenvalue weighted by atomic mass is 32.1. The Balaban J connectivity index is 1.61. The van der Waals surface area contributed by atoms with Crippen molar-refractivity contribution in [3.63, 3.8) is 0 Å². The number of carbonyl (C=O) groups excluding carboxylic acids is 3. The van der Waals surface area contributed by atoms with Gasteiger partial charge in [-0.25, -0.2) is 14.4 Å². The second-order valence-electron chi connectivity index (χ2n) is 8.07. The Labute approximate surface area is 205 Å². The fraction of sp³-hybridized carbons (Fsp3) is 0.429. The molecule has 0 spiro atoms. The summed E-state index contributed by atoms with van der Waals surface area (Å²) in [4.78, 5) is 50.2. The van der Waals surface area contributed by atoms with Crippen molar-refractivity contribution in [2.75, 3.05) is 39.5 Å². The number of nitrogens with one attached hydrogen (secondary N) is 3. The van der Waals surface area contributed by atoms with Crippen LogP contribution in [0.2, 0.25) is 0 Å². The third-order valence-electron chi connectivity index (χ3n) is 5.06. The average Bonchev–Trinajstić information content (AvgIpc) is 3.22. The first-order chi connectivity index (χ1) is 16.1. The number of pyridine rings is 1. The van der Waals surface area contributed by atoms with Crippen LogP contribution in [0.1, 0.15) is 26.8 Å². The summed E-state index contributed by atoms with van der Waals surface area (Å²) >= 11 is 6.46. The summed E-state index contributed by atoms with van der Waals surface area (Å²) in [5.41, 5.74) is 0.930. The lowest BCUT2D eigenvalue weighted by molar-refractivity contribution is -0.129. The van der Waals surface area contributed by atoms with E-state index in [0.717, 1.165) is 42.3 Å². The number of thiocarbonyl (C=S) groups is 1. The molecule has 0 fully saturated rings. The second kappa shape index (κ2) is 11.4. The number of rotatable bonds is 7. The monoisotopic (exact) mass is 507 g/mol. The first-order valence-corrected chi connectivity index (χ1v) is 11.7. The van der Waals surface area contributed by atoms with Crippen LogP contribution in [0.5, 0.6) is 0 Å². The maximum atomic E-state index is 13.0. The van der Waals surface area contributed by atoms with Crippen molar-refractivity contribution in [3.05, 3.63) is 39.7 Å². The van der Waals surface area contributed by atoms with E-state index >= 15 is 0 Å². The molecule has 3 N–H and O–H groups in total. The van der Waals surface area contributed by atoms with Crippen LogP contribution in [0.25, 0.3) is 0 Å². The number of halogens is 1. The lowest BCUT2D eigenvalue weighted by Gasteiger charge is -2.21. The fourth-order valence-electron chi connectivity index (χ4n) is 3.15. The summed E-state index contributed by atoms with van der Waals surface area (Å²) in [7, 11) is 5.25. The lowest BCUT2D eigenvalue weighted by Crippen LogP contribution is -2.47. The normalized spacial score (nSPS) is 14.0. The van der Waals surface area contributed by atoms with Crippen molar-refractivity contribution in [3.8, 4) is 0 Å². The molecule has 3 heterocycles. The highest BCUT2D eigenvalue weighted by Crippen LogP contribution is 2.24. The molecule has 182 valence electrons. The smallest absolute Gasteiger partial charge is 0.284 e. The molecule has 13 heteroatoms. The van der Waals surface area contributed by atoms with Crippen molar-refractivity contribution in [2.45, 2.75) is 25.4 Å². The molecule has 0 aliphatic carbocycles. The van der Waals surface area contributed by atoms with Crippen LogP contribution in [-0.2, 0) is 22.6 Å². The molecule has 3 amide bonds. The Bertz CT molecular complexity index is 1070. The Morgan fingerprint density at radius 3 is 2.76 bits per heavy atom. The maximum Gasteiger partial charge on any atom is 0.284 e. The van der Waals surface area contributed by atoms with Crippen LogP contribution in [0, 0.1) is 5.82 Å². The van der Waals surface area contributed by atoms with Crippen molar-refractivity contribution < 1.29 is 18.8 Å². The van der Waals surface area contributed by atoms with Crippen LogP contribution in [0.4, 0.5) is 10.2 Å². The number of likely N-dealkylation sites (N-methyl/N-ethyl adjacent to an activating group) is 1. The van der Waals surface area contributed by atoms with E-state index in [1.807, 2.05) is 7.05 Å². The molecule has 1 atom stereocenters. The zero-order valence-corrected chi connectivity index (χ0v) is 20.7. The van der Waals surface area contributed by atoms with E-state index in [1.165, 1.54) is 22.3 Å². The average molecular weight is 508 g/mol. The molecule has 0 bridgehead atoms. The van der Waals surface area contributed by atoms with Gasteiger partial charge in [0.25, 0.3) is 11.8 Å². The standard InChI is InChI=1S/C21H26FN7O3S2/c1-28(2)17(30)8-13(10-24-20(33)18(31)27-16-5-4-12(22)9-23-16)25-19(32)21-26-14-6-7-29(3)11-15(14)34-21/h4-5,9,13H,6-8,10-11H2,1-3H3,(H,24,33)(H,25,32)(H,23,27,31)/t13-/m1/s1. The number of carbonyl (C=O) groups is 3. The summed E-state index contributed by atoms with van der Waals surface area (Å²) in [6.07, 6.45) is 1.76. The van der Waals surface area contributed by atoms with E-state index in [2.05, 4.69) is 30.8 Å². The van der Waals surface area contributed by atoms with E-state index in [-0.39, 0.29) is 35.6 Å². The van der Waals surface area contributed by atoms with Gasteiger partial charge >= 0.3 is 0 Å². The van der Waals surface area contributed by atoms with Gasteiger partial charge in [-0.3, -0.25) is 14.4 Å². The molecule has 2 aromatic heterocycles. The quantitative estimate of drug-likeness (QED) is 0.471. The predicted octanol–water partition coefficient (Wildman–Crippen LogP) is 0.798. The Kier molecular flexibility index (Phi) is 8.58.